The number of nitrogens with one attached hydrogen (secondary N) is 1. The minimum absolute atomic E-state index is 0.129. The number of para-hydroxylation sites is 1. The summed E-state index contributed by atoms with van der Waals surface area (Å²) in [6.45, 7) is 3.46. The highest BCUT2D eigenvalue weighted by molar-refractivity contribution is 5.75. The van der Waals surface area contributed by atoms with Crippen molar-refractivity contribution in [1.29, 1.82) is 0 Å². The summed E-state index contributed by atoms with van der Waals surface area (Å²) in [6.07, 6.45) is 4.81. The highest BCUT2D eigenvalue weighted by Crippen LogP contribution is 2.19. The fraction of sp³-hybridized carbons (Fsp3) is 0.562. The van der Waals surface area contributed by atoms with E-state index in [1.165, 1.54) is 18.5 Å². The zero-order valence-electron chi connectivity index (χ0n) is 11.9. The summed E-state index contributed by atoms with van der Waals surface area (Å²) < 4.78 is 0. The van der Waals surface area contributed by atoms with Crippen LogP contribution in [0.25, 0.3) is 0 Å². The van der Waals surface area contributed by atoms with Crippen LogP contribution in [0, 0.1) is 0 Å². The maximum Gasteiger partial charge on any atom is 0.317 e. The second kappa shape index (κ2) is 6.16. The molecule has 1 heterocycles. The minimum atomic E-state index is 0.129. The van der Waals surface area contributed by atoms with Crippen LogP contribution >= 0.6 is 0 Å². The first-order valence-corrected chi connectivity index (χ1v) is 7.68. The van der Waals surface area contributed by atoms with Gasteiger partial charge in [-0.1, -0.05) is 31.0 Å². The Balaban J connectivity index is 1.49. The van der Waals surface area contributed by atoms with Gasteiger partial charge in [0.05, 0.1) is 0 Å². The second-order valence-electron chi connectivity index (χ2n) is 5.74. The van der Waals surface area contributed by atoms with Gasteiger partial charge in [-0.25, -0.2) is 4.79 Å². The molecule has 4 nitrogen and oxygen atoms in total. The van der Waals surface area contributed by atoms with Crippen molar-refractivity contribution in [3.63, 3.8) is 0 Å². The number of urea groups is 1. The first kappa shape index (κ1) is 13.3. The molecular formula is C16H23N3O. The molecule has 0 unspecified atom stereocenters. The molecule has 20 heavy (non-hydrogen) atoms. The quantitative estimate of drug-likeness (QED) is 0.898. The Hall–Kier alpha value is -1.71. The molecule has 1 aromatic rings. The van der Waals surface area contributed by atoms with Crippen LogP contribution in [0.2, 0.25) is 0 Å². The number of carbonyl (C=O) groups excluding carboxylic acids is 1. The summed E-state index contributed by atoms with van der Waals surface area (Å²) in [7, 11) is 0. The van der Waals surface area contributed by atoms with Gasteiger partial charge in [-0.15, -0.1) is 0 Å². The molecule has 1 aliphatic heterocycles. The van der Waals surface area contributed by atoms with E-state index in [1.807, 2.05) is 11.0 Å². The van der Waals surface area contributed by atoms with E-state index in [2.05, 4.69) is 34.5 Å². The van der Waals surface area contributed by atoms with E-state index in [-0.39, 0.29) is 6.03 Å². The molecule has 2 fully saturated rings. The molecule has 1 aromatic carbocycles. The lowest BCUT2D eigenvalue weighted by Crippen LogP contribution is -2.53. The molecule has 0 atom stereocenters. The van der Waals surface area contributed by atoms with E-state index in [4.69, 9.17) is 0 Å². The van der Waals surface area contributed by atoms with E-state index in [0.29, 0.717) is 6.04 Å². The van der Waals surface area contributed by atoms with Gasteiger partial charge in [-0.2, -0.15) is 0 Å². The molecule has 1 aliphatic carbocycles. The number of rotatable bonds is 2. The molecule has 0 aromatic heterocycles. The smallest absolute Gasteiger partial charge is 0.317 e. The Morgan fingerprint density at radius 1 is 1.00 bits per heavy atom. The van der Waals surface area contributed by atoms with Crippen LogP contribution in [-0.4, -0.2) is 43.2 Å². The Morgan fingerprint density at radius 3 is 2.30 bits per heavy atom. The molecule has 1 N–H and O–H groups in total. The Bertz CT molecular complexity index is 434. The fourth-order valence-corrected chi connectivity index (χ4v) is 3.14. The van der Waals surface area contributed by atoms with Gasteiger partial charge in [0, 0.05) is 37.9 Å². The number of nitrogens with zero attached hydrogens (tertiary/aromatic N) is 2. The van der Waals surface area contributed by atoms with Gasteiger partial charge >= 0.3 is 6.03 Å². The molecule has 1 saturated heterocycles. The average Bonchev–Trinajstić information content (AvgIpc) is 3.01. The monoisotopic (exact) mass is 273 g/mol. The number of carbonyl (C=O) groups is 1. The largest absolute Gasteiger partial charge is 0.368 e. The molecule has 0 spiro atoms. The van der Waals surface area contributed by atoms with Gasteiger partial charge in [0.1, 0.15) is 0 Å². The first-order valence-electron chi connectivity index (χ1n) is 7.68. The van der Waals surface area contributed by atoms with Crippen molar-refractivity contribution in [1.82, 2.24) is 10.2 Å². The summed E-state index contributed by atoms with van der Waals surface area (Å²) in [4.78, 5) is 16.5. The summed E-state index contributed by atoms with van der Waals surface area (Å²) in [5, 5.41) is 3.17. The summed E-state index contributed by atoms with van der Waals surface area (Å²) in [5.41, 5.74) is 1.25. The lowest BCUT2D eigenvalue weighted by atomic mass is 10.2. The van der Waals surface area contributed by atoms with Crippen molar-refractivity contribution in [2.75, 3.05) is 31.1 Å². The summed E-state index contributed by atoms with van der Waals surface area (Å²) >= 11 is 0. The first-order chi connectivity index (χ1) is 9.83. The van der Waals surface area contributed by atoms with Crippen LogP contribution in [0.1, 0.15) is 25.7 Å². The Kier molecular flexibility index (Phi) is 4.09. The Labute approximate surface area is 120 Å². The van der Waals surface area contributed by atoms with Crippen LogP contribution in [-0.2, 0) is 0 Å². The number of hydrogen-bond donors (Lipinski definition) is 1. The molecule has 108 valence electrons. The van der Waals surface area contributed by atoms with Crippen molar-refractivity contribution >= 4 is 11.7 Å². The van der Waals surface area contributed by atoms with Gasteiger partial charge in [-0.05, 0) is 25.0 Å². The van der Waals surface area contributed by atoms with E-state index in [1.54, 1.807) is 0 Å². The van der Waals surface area contributed by atoms with Gasteiger partial charge in [-0.3, -0.25) is 0 Å². The predicted octanol–water partition coefficient (Wildman–Crippen LogP) is 2.46. The molecule has 0 radical (unpaired) electrons. The molecule has 2 amide bonds. The van der Waals surface area contributed by atoms with Crippen LogP contribution < -0.4 is 10.2 Å². The zero-order valence-corrected chi connectivity index (χ0v) is 11.9. The second-order valence-corrected chi connectivity index (χ2v) is 5.74. The number of benzene rings is 1. The topological polar surface area (TPSA) is 35.6 Å². The molecule has 3 rings (SSSR count). The lowest BCUT2D eigenvalue weighted by Gasteiger charge is -2.36. The third kappa shape index (κ3) is 3.06. The molecule has 4 heteroatoms. The molecule has 0 bridgehead atoms. The standard InChI is InChI=1S/C16H23N3O/c20-16(17-14-6-4-5-7-14)19-12-10-18(11-13-19)15-8-2-1-3-9-15/h1-3,8-9,14H,4-7,10-13H2,(H,17,20). The highest BCUT2D eigenvalue weighted by atomic mass is 16.2. The lowest BCUT2D eigenvalue weighted by molar-refractivity contribution is 0.190. The molecule has 1 saturated carbocycles. The van der Waals surface area contributed by atoms with Crippen LogP contribution in [0.4, 0.5) is 10.5 Å². The molecule has 2 aliphatic rings. The predicted molar refractivity (Wildman–Crippen MR) is 81.0 cm³/mol. The van der Waals surface area contributed by atoms with Crippen molar-refractivity contribution < 1.29 is 4.79 Å². The average molecular weight is 273 g/mol. The Morgan fingerprint density at radius 2 is 1.65 bits per heavy atom. The van der Waals surface area contributed by atoms with Gasteiger partial charge in [0.15, 0.2) is 0 Å². The van der Waals surface area contributed by atoms with E-state index < -0.39 is 0 Å². The summed E-state index contributed by atoms with van der Waals surface area (Å²) in [6, 6.07) is 11.0. The van der Waals surface area contributed by atoms with Crippen molar-refractivity contribution in [3.05, 3.63) is 30.3 Å². The number of hydrogen-bond acceptors (Lipinski definition) is 2. The maximum atomic E-state index is 12.2. The highest BCUT2D eigenvalue weighted by Gasteiger charge is 2.24. The molecular weight excluding hydrogens is 250 g/mol. The van der Waals surface area contributed by atoms with Gasteiger partial charge in [0.2, 0.25) is 0 Å². The fourth-order valence-electron chi connectivity index (χ4n) is 3.14. The van der Waals surface area contributed by atoms with Crippen LogP contribution in [0.3, 0.4) is 0 Å². The van der Waals surface area contributed by atoms with Crippen molar-refractivity contribution in [2.24, 2.45) is 0 Å². The van der Waals surface area contributed by atoms with Crippen molar-refractivity contribution in [2.45, 2.75) is 31.7 Å². The normalized spacial score (nSPS) is 20.2. The van der Waals surface area contributed by atoms with Crippen LogP contribution in [0.15, 0.2) is 30.3 Å². The third-order valence-corrected chi connectivity index (χ3v) is 4.37. The van der Waals surface area contributed by atoms with Crippen LogP contribution in [0.5, 0.6) is 0 Å². The van der Waals surface area contributed by atoms with E-state index in [9.17, 15) is 4.79 Å². The zero-order chi connectivity index (χ0) is 13.8. The number of amides is 2. The van der Waals surface area contributed by atoms with Crippen molar-refractivity contribution in [3.8, 4) is 0 Å². The minimum Gasteiger partial charge on any atom is -0.368 e. The number of anilines is 1. The van der Waals surface area contributed by atoms with Gasteiger partial charge < -0.3 is 15.1 Å². The third-order valence-electron chi connectivity index (χ3n) is 4.37. The summed E-state index contributed by atoms with van der Waals surface area (Å²) in [5.74, 6) is 0. The number of piperazine rings is 1. The van der Waals surface area contributed by atoms with E-state index >= 15 is 0 Å². The van der Waals surface area contributed by atoms with E-state index in [0.717, 1.165) is 39.0 Å². The SMILES string of the molecule is O=C(NC1CCCC1)N1CCN(c2ccccc2)CC1. The maximum absolute atomic E-state index is 12.2. The van der Waals surface area contributed by atoms with Gasteiger partial charge in [0.25, 0.3) is 0 Å².